The molecule has 3 atom stereocenters. The molecule has 168 valence electrons. The monoisotopic (exact) mass is 451 g/mol. The van der Waals surface area contributed by atoms with Crippen LogP contribution in [0.5, 0.6) is 0 Å². The Hall–Kier alpha value is -2.93. The molecule has 3 unspecified atom stereocenters. The molecule has 1 aliphatic carbocycles. The van der Waals surface area contributed by atoms with Crippen LogP contribution in [0.2, 0.25) is 0 Å². The first-order valence-corrected chi connectivity index (χ1v) is 12.1. The van der Waals surface area contributed by atoms with Crippen LogP contribution in [0.25, 0.3) is 0 Å². The molecule has 0 saturated carbocycles. The van der Waals surface area contributed by atoms with E-state index in [-0.39, 0.29) is 35.6 Å². The third-order valence-corrected chi connectivity index (χ3v) is 7.51. The molecule has 1 aromatic carbocycles. The van der Waals surface area contributed by atoms with Gasteiger partial charge in [-0.1, -0.05) is 51.0 Å². The molecule has 2 aliphatic rings. The lowest BCUT2D eigenvalue weighted by molar-refractivity contribution is -0.139. The van der Waals surface area contributed by atoms with E-state index in [2.05, 4.69) is 30.7 Å². The number of rotatable bonds is 7. The summed E-state index contributed by atoms with van der Waals surface area (Å²) in [5.74, 6) is -0.817. The van der Waals surface area contributed by atoms with Crippen molar-refractivity contribution in [1.82, 2.24) is 10.7 Å². The van der Waals surface area contributed by atoms with E-state index in [4.69, 9.17) is 0 Å². The second kappa shape index (κ2) is 9.69. The molecule has 6 nitrogen and oxygen atoms in total. The van der Waals surface area contributed by atoms with Crippen LogP contribution in [0.15, 0.2) is 53.9 Å². The zero-order valence-corrected chi connectivity index (χ0v) is 19.2. The van der Waals surface area contributed by atoms with Gasteiger partial charge in [0.25, 0.3) is 5.91 Å². The van der Waals surface area contributed by atoms with Crippen molar-refractivity contribution >= 4 is 34.7 Å². The fourth-order valence-electron chi connectivity index (χ4n) is 4.64. The van der Waals surface area contributed by atoms with Crippen LogP contribution in [0.3, 0.4) is 0 Å². The maximum Gasteiger partial charge on any atom is 0.251 e. The number of hydrogen-bond donors (Lipinski definition) is 2. The van der Waals surface area contributed by atoms with E-state index >= 15 is 0 Å². The van der Waals surface area contributed by atoms with E-state index in [1.807, 2.05) is 23.6 Å². The van der Waals surface area contributed by atoms with Crippen LogP contribution in [-0.2, 0) is 9.59 Å². The molecular weight excluding hydrogens is 422 g/mol. The summed E-state index contributed by atoms with van der Waals surface area (Å²) in [7, 11) is 0. The van der Waals surface area contributed by atoms with Crippen LogP contribution >= 0.6 is 11.3 Å². The quantitative estimate of drug-likeness (QED) is 0.603. The molecule has 0 radical (unpaired) electrons. The summed E-state index contributed by atoms with van der Waals surface area (Å²) in [6.07, 6.45) is 6.99. The number of benzene rings is 1. The smallest absolute Gasteiger partial charge is 0.251 e. The highest BCUT2D eigenvalue weighted by atomic mass is 32.1. The van der Waals surface area contributed by atoms with Crippen LogP contribution < -0.4 is 15.8 Å². The van der Waals surface area contributed by atoms with Gasteiger partial charge in [0.2, 0.25) is 11.8 Å². The van der Waals surface area contributed by atoms with Crippen molar-refractivity contribution in [2.24, 2.45) is 17.8 Å². The number of nitrogens with one attached hydrogen (secondary N) is 2. The molecule has 32 heavy (non-hydrogen) atoms. The second-order valence-corrected chi connectivity index (χ2v) is 9.38. The highest BCUT2D eigenvalue weighted by Gasteiger charge is 2.42. The predicted molar refractivity (Wildman–Crippen MR) is 126 cm³/mol. The van der Waals surface area contributed by atoms with Crippen molar-refractivity contribution in [2.45, 2.75) is 45.6 Å². The Morgan fingerprint density at radius 3 is 2.56 bits per heavy atom. The summed E-state index contributed by atoms with van der Waals surface area (Å²) < 4.78 is 0. The number of nitrogens with zero attached hydrogens (tertiary/aromatic N) is 1. The molecule has 1 aliphatic heterocycles. The number of anilines is 1. The van der Waals surface area contributed by atoms with E-state index in [0.717, 1.165) is 17.7 Å². The summed E-state index contributed by atoms with van der Waals surface area (Å²) in [4.78, 5) is 40.0. The van der Waals surface area contributed by atoms with Crippen molar-refractivity contribution in [3.05, 3.63) is 64.4 Å². The van der Waals surface area contributed by atoms with Crippen LogP contribution in [-0.4, -0.2) is 17.7 Å². The molecule has 0 spiro atoms. The normalized spacial score (nSPS) is 21.3. The summed E-state index contributed by atoms with van der Waals surface area (Å²) >= 11 is 1.64. The minimum absolute atomic E-state index is 0.0627. The number of hydrazine groups is 1. The van der Waals surface area contributed by atoms with E-state index < -0.39 is 0 Å². The van der Waals surface area contributed by atoms with Crippen molar-refractivity contribution in [3.8, 4) is 0 Å². The molecule has 1 aromatic heterocycles. The van der Waals surface area contributed by atoms with Crippen LogP contribution in [0.4, 0.5) is 5.69 Å². The van der Waals surface area contributed by atoms with Crippen molar-refractivity contribution in [3.63, 3.8) is 0 Å². The van der Waals surface area contributed by atoms with Crippen molar-refractivity contribution in [1.29, 1.82) is 0 Å². The maximum absolute atomic E-state index is 13.2. The second-order valence-electron chi connectivity index (χ2n) is 8.40. The molecule has 1 fully saturated rings. The van der Waals surface area contributed by atoms with Crippen LogP contribution in [0, 0.1) is 17.8 Å². The van der Waals surface area contributed by atoms with Gasteiger partial charge in [-0.3, -0.25) is 19.8 Å². The van der Waals surface area contributed by atoms with E-state index in [9.17, 15) is 14.4 Å². The van der Waals surface area contributed by atoms with Crippen molar-refractivity contribution < 1.29 is 14.4 Å². The van der Waals surface area contributed by atoms with Gasteiger partial charge in [0.15, 0.2) is 0 Å². The van der Waals surface area contributed by atoms with Gasteiger partial charge in [-0.25, -0.2) is 5.01 Å². The Bertz CT molecular complexity index is 1010. The molecule has 1 saturated heterocycles. The number of allylic oxidation sites excluding steroid dienone is 2. The first kappa shape index (κ1) is 22.3. The number of carbonyl (C=O) groups excluding carboxylic acids is 3. The average molecular weight is 452 g/mol. The third kappa shape index (κ3) is 4.35. The van der Waals surface area contributed by atoms with Gasteiger partial charge in [-0.15, -0.1) is 11.3 Å². The number of hydrogen-bond acceptors (Lipinski definition) is 4. The van der Waals surface area contributed by atoms with Gasteiger partial charge >= 0.3 is 0 Å². The standard InChI is InChI=1S/C25H29N3O3S/c1-3-16(4-2)22(21-13-8-14-32-21)26-23(29)17-9-7-10-18(15-17)28-25(31)20-12-6-5-11-19(20)24(30)27-28/h5-10,13-16,19-20,22H,3-4,11-12H2,1-2H3,(H,26,29)(H,27,30). The lowest BCUT2D eigenvalue weighted by Gasteiger charge is -2.38. The van der Waals surface area contributed by atoms with Crippen molar-refractivity contribution in [2.75, 3.05) is 5.01 Å². The topological polar surface area (TPSA) is 78.5 Å². The van der Waals surface area contributed by atoms with E-state index in [1.165, 1.54) is 5.01 Å². The molecular formula is C25H29N3O3S. The lowest BCUT2D eigenvalue weighted by atomic mass is 9.80. The fraction of sp³-hybridized carbons (Fsp3) is 0.400. The minimum Gasteiger partial charge on any atom is -0.344 e. The zero-order valence-electron chi connectivity index (χ0n) is 18.4. The Labute approximate surface area is 192 Å². The van der Waals surface area contributed by atoms with E-state index in [0.29, 0.717) is 30.0 Å². The Morgan fingerprint density at radius 2 is 1.88 bits per heavy atom. The van der Waals surface area contributed by atoms with Gasteiger partial charge in [-0.05, 0) is 48.4 Å². The van der Waals surface area contributed by atoms with E-state index in [1.54, 1.807) is 35.6 Å². The summed E-state index contributed by atoms with van der Waals surface area (Å²) in [5, 5.41) is 6.53. The Balaban J connectivity index is 1.56. The largest absolute Gasteiger partial charge is 0.344 e. The molecule has 4 rings (SSSR count). The number of thiophene rings is 1. The Kier molecular flexibility index (Phi) is 6.74. The van der Waals surface area contributed by atoms with Crippen LogP contribution in [0.1, 0.15) is 60.8 Å². The molecule has 3 amide bonds. The lowest BCUT2D eigenvalue weighted by Crippen LogP contribution is -2.59. The SMILES string of the molecule is CCC(CC)C(NC(=O)c1cccc(N2NC(=O)C3CC=CCC3C2=O)c1)c1cccs1. The number of carbonyl (C=O) groups is 3. The van der Waals surface area contributed by atoms with Gasteiger partial charge in [0, 0.05) is 10.4 Å². The Morgan fingerprint density at radius 1 is 1.12 bits per heavy atom. The fourth-order valence-corrected chi connectivity index (χ4v) is 5.51. The first-order chi connectivity index (χ1) is 15.5. The summed E-state index contributed by atoms with van der Waals surface area (Å²) in [6, 6.07) is 10.9. The minimum atomic E-state index is -0.357. The average Bonchev–Trinajstić information content (AvgIpc) is 3.36. The molecule has 7 heteroatoms. The van der Waals surface area contributed by atoms with Gasteiger partial charge in [-0.2, -0.15) is 0 Å². The molecule has 2 aromatic rings. The van der Waals surface area contributed by atoms with Gasteiger partial charge in [0.1, 0.15) is 0 Å². The highest BCUT2D eigenvalue weighted by molar-refractivity contribution is 7.10. The number of amides is 3. The zero-order chi connectivity index (χ0) is 22.7. The maximum atomic E-state index is 13.2. The third-order valence-electron chi connectivity index (χ3n) is 6.55. The molecule has 0 bridgehead atoms. The predicted octanol–water partition coefficient (Wildman–Crippen LogP) is 4.62. The summed E-state index contributed by atoms with van der Waals surface area (Å²) in [6.45, 7) is 4.28. The molecule has 2 heterocycles. The molecule has 2 N–H and O–H groups in total. The van der Waals surface area contributed by atoms with Gasteiger partial charge < -0.3 is 5.32 Å². The van der Waals surface area contributed by atoms with Gasteiger partial charge in [0.05, 0.1) is 23.6 Å². The highest BCUT2D eigenvalue weighted by Crippen LogP contribution is 2.33. The first-order valence-electron chi connectivity index (χ1n) is 11.3. The summed E-state index contributed by atoms with van der Waals surface area (Å²) in [5.41, 5.74) is 3.69. The number of fused-ring (bicyclic) bond motifs is 1.